The maximum absolute atomic E-state index is 4.87. The minimum Gasteiger partial charge on any atom is -0.371 e. The van der Waals surface area contributed by atoms with Crippen LogP contribution in [0.2, 0.25) is 0 Å². The molecule has 0 unspecified atom stereocenters. The fraction of sp³-hybridized carbons (Fsp3) is 0.500. The molecule has 0 spiro atoms. The summed E-state index contributed by atoms with van der Waals surface area (Å²) >= 11 is 0. The van der Waals surface area contributed by atoms with Crippen LogP contribution in [-0.2, 0) is 12.8 Å². The number of hydrogen-bond acceptors (Lipinski definition) is 3. The molecule has 31 heavy (non-hydrogen) atoms. The van der Waals surface area contributed by atoms with Gasteiger partial charge in [0, 0.05) is 36.4 Å². The van der Waals surface area contributed by atoms with E-state index in [-0.39, 0.29) is 0 Å². The normalized spacial score (nSPS) is 14.1. The van der Waals surface area contributed by atoms with Crippen molar-refractivity contribution in [1.29, 1.82) is 0 Å². The Hall–Kier alpha value is -2.42. The van der Waals surface area contributed by atoms with Crippen LogP contribution in [0.5, 0.6) is 0 Å². The maximum Gasteiger partial charge on any atom is 0.0714 e. The van der Waals surface area contributed by atoms with Crippen LogP contribution in [0.4, 0.5) is 11.4 Å². The van der Waals surface area contributed by atoms with E-state index in [1.807, 2.05) is 25.3 Å². The summed E-state index contributed by atoms with van der Waals surface area (Å²) in [6.07, 6.45) is 10.5. The molecule has 2 heterocycles. The van der Waals surface area contributed by atoms with Gasteiger partial charge < -0.3 is 4.90 Å². The van der Waals surface area contributed by atoms with Crippen LogP contribution in [0.15, 0.2) is 53.7 Å². The van der Waals surface area contributed by atoms with Crippen molar-refractivity contribution in [1.82, 2.24) is 4.98 Å². The lowest BCUT2D eigenvalue weighted by molar-refractivity contribution is 0.577. The number of unbranched alkanes of at least 4 members (excludes halogenated alkanes) is 1. The molecule has 1 fully saturated rings. The van der Waals surface area contributed by atoms with Crippen LogP contribution >= 0.6 is 0 Å². The Morgan fingerprint density at radius 1 is 1.06 bits per heavy atom. The topological polar surface area (TPSA) is 28.5 Å². The number of hydrogen-bond donors (Lipinski definition) is 0. The molecule has 168 valence electrons. The standard InChI is InChI=1S/C19H28N2.C9H13N/c1-6-17-10-11-18(21-12-8-7-9-13-21)15(4)19(17)20-16(5)14(2)3;1-2-3-6-9-7-4-5-8-10-9/h10-11H,2,6-9,12-13H2,1,3-5H3;4-5,7-8H,2-3,6H2,1H3. The monoisotopic (exact) mass is 419 g/mol. The molecule has 0 saturated carbocycles. The summed E-state index contributed by atoms with van der Waals surface area (Å²) in [5.41, 5.74) is 8.44. The van der Waals surface area contributed by atoms with Crippen molar-refractivity contribution in [3.63, 3.8) is 0 Å². The van der Waals surface area contributed by atoms with Crippen molar-refractivity contribution in [2.45, 2.75) is 79.6 Å². The minimum atomic E-state index is 1.02. The maximum atomic E-state index is 4.87. The predicted molar refractivity (Wildman–Crippen MR) is 137 cm³/mol. The van der Waals surface area contributed by atoms with E-state index in [2.05, 4.69) is 62.4 Å². The van der Waals surface area contributed by atoms with E-state index < -0.39 is 0 Å². The molecule has 1 aromatic heterocycles. The number of anilines is 1. The van der Waals surface area contributed by atoms with Crippen LogP contribution in [0.3, 0.4) is 0 Å². The van der Waals surface area contributed by atoms with E-state index in [1.165, 1.54) is 67.7 Å². The minimum absolute atomic E-state index is 1.02. The Kier molecular flexibility index (Phi) is 10.5. The molecule has 0 radical (unpaired) electrons. The fourth-order valence-corrected chi connectivity index (χ4v) is 3.83. The summed E-state index contributed by atoms with van der Waals surface area (Å²) in [5.74, 6) is 0. The van der Waals surface area contributed by atoms with Gasteiger partial charge in [-0.25, -0.2) is 0 Å². The quantitative estimate of drug-likeness (QED) is 0.431. The second-order valence-electron chi connectivity index (χ2n) is 8.52. The SMILES string of the molecule is C=C(C)C(C)=Nc1c(CC)ccc(N2CCCCC2)c1C.CCCCc1ccccn1. The molecule has 3 rings (SSSR count). The average molecular weight is 420 g/mol. The first-order valence-electron chi connectivity index (χ1n) is 12.0. The first-order chi connectivity index (χ1) is 15.0. The van der Waals surface area contributed by atoms with Gasteiger partial charge in [0.15, 0.2) is 0 Å². The molecule has 1 aliphatic heterocycles. The van der Waals surface area contributed by atoms with E-state index in [4.69, 9.17) is 4.99 Å². The number of benzene rings is 1. The summed E-state index contributed by atoms with van der Waals surface area (Å²) in [5, 5.41) is 0. The Bertz CT molecular complexity index is 846. The van der Waals surface area contributed by atoms with Crippen LogP contribution in [0.25, 0.3) is 0 Å². The van der Waals surface area contributed by atoms with Gasteiger partial charge in [-0.15, -0.1) is 0 Å². The molecule has 0 amide bonds. The number of aromatic nitrogens is 1. The average Bonchev–Trinajstić information content (AvgIpc) is 2.80. The number of nitrogens with zero attached hydrogens (tertiary/aromatic N) is 3. The first kappa shape index (κ1) is 24.8. The Balaban J connectivity index is 0.000000285. The zero-order valence-electron chi connectivity index (χ0n) is 20.4. The van der Waals surface area contributed by atoms with Crippen molar-refractivity contribution < 1.29 is 0 Å². The van der Waals surface area contributed by atoms with Crippen LogP contribution in [0, 0.1) is 6.92 Å². The molecule has 0 aliphatic carbocycles. The highest BCUT2D eigenvalue weighted by Crippen LogP contribution is 2.34. The van der Waals surface area contributed by atoms with E-state index in [0.29, 0.717) is 0 Å². The van der Waals surface area contributed by atoms with Gasteiger partial charge in [0.2, 0.25) is 0 Å². The smallest absolute Gasteiger partial charge is 0.0714 e. The molecular formula is C28H41N3. The highest BCUT2D eigenvalue weighted by molar-refractivity contribution is 5.99. The third kappa shape index (κ3) is 7.65. The van der Waals surface area contributed by atoms with Gasteiger partial charge in [0.25, 0.3) is 0 Å². The molecule has 1 saturated heterocycles. The number of allylic oxidation sites excluding steroid dienone is 1. The van der Waals surface area contributed by atoms with Gasteiger partial charge in [0.1, 0.15) is 0 Å². The van der Waals surface area contributed by atoms with Gasteiger partial charge in [0.05, 0.1) is 5.69 Å². The Morgan fingerprint density at radius 2 is 1.81 bits per heavy atom. The Labute approximate surface area is 190 Å². The molecule has 2 aromatic rings. The van der Waals surface area contributed by atoms with Gasteiger partial charge in [-0.2, -0.15) is 0 Å². The van der Waals surface area contributed by atoms with E-state index in [0.717, 1.165) is 29.8 Å². The number of rotatable bonds is 7. The van der Waals surface area contributed by atoms with Crippen LogP contribution < -0.4 is 4.90 Å². The fourth-order valence-electron chi connectivity index (χ4n) is 3.83. The molecule has 0 atom stereocenters. The molecule has 1 aromatic carbocycles. The second-order valence-corrected chi connectivity index (χ2v) is 8.52. The van der Waals surface area contributed by atoms with Gasteiger partial charge in [-0.05, 0) is 94.2 Å². The molecule has 0 bridgehead atoms. The van der Waals surface area contributed by atoms with Crippen molar-refractivity contribution >= 4 is 17.1 Å². The third-order valence-corrected chi connectivity index (χ3v) is 5.97. The van der Waals surface area contributed by atoms with E-state index in [9.17, 15) is 0 Å². The largest absolute Gasteiger partial charge is 0.371 e. The van der Waals surface area contributed by atoms with Gasteiger partial charge in [-0.3, -0.25) is 9.98 Å². The van der Waals surface area contributed by atoms with Gasteiger partial charge in [-0.1, -0.05) is 39.0 Å². The predicted octanol–water partition coefficient (Wildman–Crippen LogP) is 7.64. The van der Waals surface area contributed by atoms with Crippen molar-refractivity contribution in [3.05, 3.63) is 65.5 Å². The zero-order valence-corrected chi connectivity index (χ0v) is 20.4. The second kappa shape index (κ2) is 13.1. The van der Waals surface area contributed by atoms with E-state index >= 15 is 0 Å². The third-order valence-electron chi connectivity index (χ3n) is 5.97. The highest BCUT2D eigenvalue weighted by atomic mass is 15.1. The summed E-state index contributed by atoms with van der Waals surface area (Å²) in [4.78, 5) is 11.6. The lowest BCUT2D eigenvalue weighted by Crippen LogP contribution is -2.30. The highest BCUT2D eigenvalue weighted by Gasteiger charge is 2.16. The molecule has 1 aliphatic rings. The summed E-state index contributed by atoms with van der Waals surface area (Å²) in [6.45, 7) is 17.0. The lowest BCUT2D eigenvalue weighted by Gasteiger charge is -2.31. The summed E-state index contributed by atoms with van der Waals surface area (Å²) in [7, 11) is 0. The Morgan fingerprint density at radius 3 is 2.39 bits per heavy atom. The van der Waals surface area contributed by atoms with E-state index in [1.54, 1.807) is 0 Å². The number of aryl methyl sites for hydroxylation is 2. The molecular weight excluding hydrogens is 378 g/mol. The molecule has 3 heteroatoms. The number of pyridine rings is 1. The van der Waals surface area contributed by atoms with Crippen molar-refractivity contribution in [2.75, 3.05) is 18.0 Å². The number of piperidine rings is 1. The zero-order chi connectivity index (χ0) is 22.6. The van der Waals surface area contributed by atoms with Crippen molar-refractivity contribution in [3.8, 4) is 0 Å². The van der Waals surface area contributed by atoms with Crippen LogP contribution in [0.1, 0.15) is 76.6 Å². The van der Waals surface area contributed by atoms with Crippen LogP contribution in [-0.4, -0.2) is 23.8 Å². The van der Waals surface area contributed by atoms with Crippen molar-refractivity contribution in [2.24, 2.45) is 4.99 Å². The molecule has 3 nitrogen and oxygen atoms in total. The molecule has 0 N–H and O–H groups in total. The summed E-state index contributed by atoms with van der Waals surface area (Å²) < 4.78 is 0. The first-order valence-corrected chi connectivity index (χ1v) is 12.0. The summed E-state index contributed by atoms with van der Waals surface area (Å²) in [6, 6.07) is 10.6. The lowest BCUT2D eigenvalue weighted by atomic mass is 10.0. The van der Waals surface area contributed by atoms with Gasteiger partial charge >= 0.3 is 0 Å². The number of aliphatic imine (C=N–C) groups is 1.